The Morgan fingerprint density at radius 3 is 1.38 bits per heavy atom. The second-order valence-corrected chi connectivity index (χ2v) is 9.53. The van der Waals surface area contributed by atoms with Gasteiger partial charge in [-0.15, -0.1) is 0 Å². The van der Waals surface area contributed by atoms with Crippen molar-refractivity contribution in [2.24, 2.45) is 0 Å². The molecule has 0 amide bonds. The quantitative estimate of drug-likeness (QED) is 0.188. The first-order chi connectivity index (χ1) is 17.8. The van der Waals surface area contributed by atoms with Gasteiger partial charge in [0.1, 0.15) is 11.5 Å². The fraction of sp³-hybridized carbons (Fsp3) is 0.212. The van der Waals surface area contributed by atoms with Crippen molar-refractivity contribution >= 4 is 11.9 Å². The van der Waals surface area contributed by atoms with Gasteiger partial charge in [-0.3, -0.25) is 0 Å². The fourth-order valence-corrected chi connectivity index (χ4v) is 4.09. The van der Waals surface area contributed by atoms with Crippen molar-refractivity contribution in [1.82, 2.24) is 0 Å². The van der Waals surface area contributed by atoms with Crippen molar-refractivity contribution in [3.8, 4) is 11.5 Å². The third-order valence-electron chi connectivity index (χ3n) is 6.63. The lowest BCUT2D eigenvalue weighted by molar-refractivity contribution is 0.0725. The van der Waals surface area contributed by atoms with Crippen LogP contribution in [0.15, 0.2) is 84.9 Å². The molecule has 0 saturated carbocycles. The molecule has 0 fully saturated rings. The largest absolute Gasteiger partial charge is 0.423 e. The molecule has 0 bridgehead atoms. The van der Waals surface area contributed by atoms with Crippen LogP contribution < -0.4 is 9.47 Å². The van der Waals surface area contributed by atoms with E-state index in [0.29, 0.717) is 22.6 Å². The molecule has 0 spiro atoms. The molecule has 4 rings (SSSR count). The Morgan fingerprint density at radius 1 is 0.541 bits per heavy atom. The van der Waals surface area contributed by atoms with E-state index in [2.05, 4.69) is 0 Å². The highest BCUT2D eigenvalue weighted by atomic mass is 16.5. The molecule has 4 aromatic rings. The third-order valence-corrected chi connectivity index (χ3v) is 6.63. The molecule has 0 atom stereocenters. The van der Waals surface area contributed by atoms with Crippen molar-refractivity contribution < 1.29 is 19.1 Å². The maximum atomic E-state index is 12.6. The molecule has 0 unspecified atom stereocenters. The van der Waals surface area contributed by atoms with Gasteiger partial charge in [0.15, 0.2) is 0 Å². The zero-order chi connectivity index (χ0) is 26.4. The number of carbonyl (C=O) groups excluding carboxylic acids is 2. The summed E-state index contributed by atoms with van der Waals surface area (Å²) in [6, 6.07) is 26.5. The van der Waals surface area contributed by atoms with Gasteiger partial charge in [-0.25, -0.2) is 9.59 Å². The molecule has 0 aliphatic carbocycles. The predicted molar refractivity (Wildman–Crippen MR) is 147 cm³/mol. The molecule has 0 radical (unpaired) electrons. The second kappa shape index (κ2) is 11.7. The first-order valence-electron chi connectivity index (χ1n) is 12.6. The molecule has 0 N–H and O–H groups in total. The molecular weight excluding hydrogens is 460 g/mol. The van der Waals surface area contributed by atoms with E-state index in [1.54, 1.807) is 24.3 Å². The first kappa shape index (κ1) is 25.9. The lowest BCUT2D eigenvalue weighted by Crippen LogP contribution is -2.09. The molecular formula is C33H32O4. The average molecular weight is 493 g/mol. The van der Waals surface area contributed by atoms with Gasteiger partial charge < -0.3 is 9.47 Å². The molecule has 188 valence electrons. The Morgan fingerprint density at radius 2 is 0.973 bits per heavy atom. The summed E-state index contributed by atoms with van der Waals surface area (Å²) in [7, 11) is 0. The highest BCUT2D eigenvalue weighted by molar-refractivity contribution is 5.92. The van der Waals surface area contributed by atoms with Gasteiger partial charge in [0.05, 0.1) is 11.1 Å². The molecule has 0 aliphatic heterocycles. The molecule has 4 aromatic carbocycles. The highest BCUT2D eigenvalue weighted by Gasteiger charge is 2.11. The van der Waals surface area contributed by atoms with Gasteiger partial charge in [-0.2, -0.15) is 0 Å². The molecule has 0 saturated heterocycles. The standard InChI is InChI=1S/C33H32O4/c1-22-14-16-28(18-24(22)3)32(34)36-30-12-6-10-26(20-30)8-5-9-27-11-7-13-31(21-27)37-33(35)29-17-15-23(2)25(4)19-29/h6-7,10-21H,5,8-9H2,1-4H3. The van der Waals surface area contributed by atoms with E-state index in [0.717, 1.165) is 52.6 Å². The van der Waals surface area contributed by atoms with Gasteiger partial charge >= 0.3 is 11.9 Å². The summed E-state index contributed by atoms with van der Waals surface area (Å²) in [5.74, 6) is 0.377. The van der Waals surface area contributed by atoms with Crippen LogP contribution in [-0.4, -0.2) is 11.9 Å². The third kappa shape index (κ3) is 6.95. The lowest BCUT2D eigenvalue weighted by Gasteiger charge is -2.09. The topological polar surface area (TPSA) is 52.6 Å². The maximum absolute atomic E-state index is 12.6. The van der Waals surface area contributed by atoms with Crippen LogP contribution >= 0.6 is 0 Å². The molecule has 0 heterocycles. The van der Waals surface area contributed by atoms with Crippen molar-refractivity contribution in [2.75, 3.05) is 0 Å². The van der Waals surface area contributed by atoms with E-state index in [4.69, 9.17) is 9.47 Å². The normalized spacial score (nSPS) is 10.7. The smallest absolute Gasteiger partial charge is 0.343 e. The number of hydrogen-bond donors (Lipinski definition) is 0. The number of hydrogen-bond acceptors (Lipinski definition) is 4. The zero-order valence-corrected chi connectivity index (χ0v) is 21.8. The number of carbonyl (C=O) groups is 2. The van der Waals surface area contributed by atoms with Crippen LogP contribution in [0.25, 0.3) is 0 Å². The fourth-order valence-electron chi connectivity index (χ4n) is 4.09. The number of ether oxygens (including phenoxy) is 2. The van der Waals surface area contributed by atoms with Crippen molar-refractivity contribution in [2.45, 2.75) is 47.0 Å². The van der Waals surface area contributed by atoms with Gasteiger partial charge in [0.2, 0.25) is 0 Å². The second-order valence-electron chi connectivity index (χ2n) is 9.53. The van der Waals surface area contributed by atoms with Crippen LogP contribution in [0.3, 0.4) is 0 Å². The van der Waals surface area contributed by atoms with Crippen LogP contribution in [0.2, 0.25) is 0 Å². The molecule has 4 nitrogen and oxygen atoms in total. The summed E-state index contributed by atoms with van der Waals surface area (Å²) >= 11 is 0. The minimum absolute atomic E-state index is 0.354. The summed E-state index contributed by atoms with van der Waals surface area (Å²) in [6.45, 7) is 8.00. The van der Waals surface area contributed by atoms with Crippen molar-refractivity contribution in [1.29, 1.82) is 0 Å². The van der Waals surface area contributed by atoms with Gasteiger partial charge in [-0.05, 0) is 129 Å². The maximum Gasteiger partial charge on any atom is 0.343 e. The van der Waals surface area contributed by atoms with E-state index in [-0.39, 0.29) is 11.9 Å². The van der Waals surface area contributed by atoms with Gasteiger partial charge in [0, 0.05) is 0 Å². The number of aryl methyl sites for hydroxylation is 6. The Balaban J connectivity index is 1.32. The Hall–Kier alpha value is -4.18. The summed E-state index contributed by atoms with van der Waals surface area (Å²) in [5.41, 5.74) is 7.70. The summed E-state index contributed by atoms with van der Waals surface area (Å²) in [4.78, 5) is 25.1. The van der Waals surface area contributed by atoms with Gasteiger partial charge in [0.25, 0.3) is 0 Å². The summed E-state index contributed by atoms with van der Waals surface area (Å²) < 4.78 is 11.2. The Labute approximate surface area is 218 Å². The number of benzene rings is 4. The van der Waals surface area contributed by atoms with E-state index in [1.807, 2.05) is 88.4 Å². The monoisotopic (exact) mass is 492 g/mol. The number of rotatable bonds is 8. The molecule has 4 heteroatoms. The molecule has 37 heavy (non-hydrogen) atoms. The zero-order valence-electron chi connectivity index (χ0n) is 21.8. The Bertz CT molecular complexity index is 1330. The summed E-state index contributed by atoms with van der Waals surface area (Å²) in [6.07, 6.45) is 2.58. The van der Waals surface area contributed by atoms with Crippen molar-refractivity contribution in [3.05, 3.63) is 129 Å². The van der Waals surface area contributed by atoms with Gasteiger partial charge in [-0.1, -0.05) is 36.4 Å². The minimum Gasteiger partial charge on any atom is -0.423 e. The van der Waals surface area contributed by atoms with E-state index in [9.17, 15) is 9.59 Å². The van der Waals surface area contributed by atoms with Crippen LogP contribution in [0, 0.1) is 27.7 Å². The highest BCUT2D eigenvalue weighted by Crippen LogP contribution is 2.21. The lowest BCUT2D eigenvalue weighted by atomic mass is 10.0. The SMILES string of the molecule is Cc1ccc(C(=O)Oc2cccc(CCCc3cccc(OC(=O)c4ccc(C)c(C)c4)c3)c2)cc1C. The van der Waals surface area contributed by atoms with E-state index < -0.39 is 0 Å². The van der Waals surface area contributed by atoms with Crippen molar-refractivity contribution in [3.63, 3.8) is 0 Å². The summed E-state index contributed by atoms with van der Waals surface area (Å²) in [5, 5.41) is 0. The predicted octanol–water partition coefficient (Wildman–Crippen LogP) is 7.53. The first-order valence-corrected chi connectivity index (χ1v) is 12.6. The van der Waals surface area contributed by atoms with E-state index >= 15 is 0 Å². The minimum atomic E-state index is -0.354. The Kier molecular flexibility index (Phi) is 8.19. The molecule has 0 aliphatic rings. The van der Waals surface area contributed by atoms with E-state index in [1.165, 1.54) is 0 Å². The van der Waals surface area contributed by atoms with Crippen LogP contribution in [-0.2, 0) is 12.8 Å². The molecule has 0 aromatic heterocycles. The average Bonchev–Trinajstić information content (AvgIpc) is 2.88. The van der Waals surface area contributed by atoms with Crippen LogP contribution in [0.1, 0.15) is 60.5 Å². The van der Waals surface area contributed by atoms with Crippen LogP contribution in [0.5, 0.6) is 11.5 Å². The number of esters is 2. The van der Waals surface area contributed by atoms with Crippen LogP contribution in [0.4, 0.5) is 0 Å².